The van der Waals surface area contributed by atoms with E-state index in [9.17, 15) is 10.00 Å². The average Bonchev–Trinajstić information content (AvgIpc) is 2.52. The van der Waals surface area contributed by atoms with Gasteiger partial charge in [0.1, 0.15) is 12.4 Å². The summed E-state index contributed by atoms with van der Waals surface area (Å²) in [6.45, 7) is 5.05. The van der Waals surface area contributed by atoms with Crippen LogP contribution in [0.15, 0.2) is 0 Å². The molecule has 0 spiro atoms. The van der Waals surface area contributed by atoms with Gasteiger partial charge in [0, 0.05) is 13.7 Å². The molecule has 0 amide bonds. The monoisotopic (exact) mass is 371 g/mol. The molecule has 0 radical (unpaired) electrons. The number of carbonyl (C=O) groups is 1. The molecule has 0 aromatic carbocycles. The molecule has 0 fully saturated rings. The SMILES string of the molecule is CC=O.CCCC(CO)OC(COC)COP(O)OCCN(C)C. The quantitative estimate of drug-likeness (QED) is 0.347. The van der Waals surface area contributed by atoms with Crippen LogP contribution in [0.25, 0.3) is 0 Å². The van der Waals surface area contributed by atoms with Gasteiger partial charge in [0.25, 0.3) is 0 Å². The molecule has 2 N–H and O–H groups in total. The minimum absolute atomic E-state index is 0.0404. The number of aliphatic hydroxyl groups excluding tert-OH is 1. The van der Waals surface area contributed by atoms with Gasteiger partial charge in [-0.1, -0.05) is 13.3 Å². The van der Waals surface area contributed by atoms with Gasteiger partial charge in [0.15, 0.2) is 0 Å². The van der Waals surface area contributed by atoms with Gasteiger partial charge < -0.3 is 38.2 Å². The number of likely N-dealkylation sites (N-methyl/N-ethyl adjacent to an activating group) is 1. The number of rotatable bonds is 14. The molecule has 0 aromatic heterocycles. The molecule has 0 aromatic rings. The van der Waals surface area contributed by atoms with Crippen molar-refractivity contribution in [2.45, 2.75) is 38.9 Å². The average molecular weight is 371 g/mol. The van der Waals surface area contributed by atoms with Crippen LogP contribution in [0.4, 0.5) is 0 Å². The van der Waals surface area contributed by atoms with Crippen LogP contribution in [-0.2, 0) is 23.3 Å². The fourth-order valence-electron chi connectivity index (χ4n) is 1.59. The maximum Gasteiger partial charge on any atom is 0.329 e. The maximum atomic E-state index is 9.63. The molecule has 0 aliphatic carbocycles. The number of aliphatic hydroxyl groups is 1. The summed E-state index contributed by atoms with van der Waals surface area (Å²) in [5.74, 6) is 0. The maximum absolute atomic E-state index is 9.63. The van der Waals surface area contributed by atoms with E-state index in [-0.39, 0.29) is 25.4 Å². The Balaban J connectivity index is 0. The first-order valence-electron chi connectivity index (χ1n) is 7.99. The Morgan fingerprint density at radius 2 is 1.83 bits per heavy atom. The zero-order chi connectivity index (χ0) is 18.8. The smallest absolute Gasteiger partial charge is 0.329 e. The number of methoxy groups -OCH3 is 1. The van der Waals surface area contributed by atoms with Crippen LogP contribution < -0.4 is 0 Å². The third-order valence-electron chi connectivity index (χ3n) is 2.66. The van der Waals surface area contributed by atoms with Gasteiger partial charge in [-0.2, -0.15) is 0 Å². The summed E-state index contributed by atoms with van der Waals surface area (Å²) in [5, 5.41) is 9.24. The molecule has 146 valence electrons. The standard InChI is InChI=1S/C13H30NO6P.C2H4O/c1-5-6-12(9-15)20-13(10-17-4)11-19-21(16)18-8-7-14(2)3;1-2-3/h12-13,15-16H,5-11H2,1-4H3;2H,1H3. The molecule has 9 heteroatoms. The molecule has 8 nitrogen and oxygen atoms in total. The highest BCUT2D eigenvalue weighted by Gasteiger charge is 2.18. The van der Waals surface area contributed by atoms with Crippen LogP contribution in [0.2, 0.25) is 0 Å². The zero-order valence-electron chi connectivity index (χ0n) is 15.5. The minimum Gasteiger partial charge on any atom is -0.394 e. The van der Waals surface area contributed by atoms with Crippen molar-refractivity contribution in [3.8, 4) is 0 Å². The van der Waals surface area contributed by atoms with Crippen LogP contribution in [0.1, 0.15) is 26.7 Å². The van der Waals surface area contributed by atoms with Gasteiger partial charge in [-0.15, -0.1) is 0 Å². The van der Waals surface area contributed by atoms with Crippen LogP contribution in [0.3, 0.4) is 0 Å². The highest BCUT2D eigenvalue weighted by Crippen LogP contribution is 2.32. The van der Waals surface area contributed by atoms with Crippen LogP contribution >= 0.6 is 8.60 Å². The van der Waals surface area contributed by atoms with Crippen molar-refractivity contribution in [2.75, 3.05) is 54.2 Å². The number of hydrogen-bond donors (Lipinski definition) is 2. The van der Waals surface area contributed by atoms with E-state index in [4.69, 9.17) is 23.3 Å². The van der Waals surface area contributed by atoms with E-state index in [1.807, 2.05) is 25.9 Å². The fraction of sp³-hybridized carbons (Fsp3) is 0.933. The summed E-state index contributed by atoms with van der Waals surface area (Å²) >= 11 is 0. The zero-order valence-corrected chi connectivity index (χ0v) is 16.4. The first-order valence-corrected chi connectivity index (χ1v) is 9.12. The Morgan fingerprint density at radius 3 is 2.29 bits per heavy atom. The predicted molar refractivity (Wildman–Crippen MR) is 93.9 cm³/mol. The molecular formula is C15H34NO7P. The lowest BCUT2D eigenvalue weighted by molar-refractivity contribution is -0.106. The van der Waals surface area contributed by atoms with E-state index >= 15 is 0 Å². The first-order chi connectivity index (χ1) is 11.4. The third kappa shape index (κ3) is 18.2. The third-order valence-corrected chi connectivity index (χ3v) is 3.44. The molecule has 0 rings (SSSR count). The van der Waals surface area contributed by atoms with E-state index in [0.717, 1.165) is 19.1 Å². The van der Waals surface area contributed by atoms with Gasteiger partial charge in [0.2, 0.25) is 0 Å². The van der Waals surface area contributed by atoms with Crippen molar-refractivity contribution >= 4 is 14.9 Å². The molecule has 24 heavy (non-hydrogen) atoms. The number of aldehydes is 1. The van der Waals surface area contributed by atoms with Gasteiger partial charge >= 0.3 is 8.60 Å². The van der Waals surface area contributed by atoms with E-state index in [0.29, 0.717) is 19.8 Å². The topological polar surface area (TPSA) is 97.7 Å². The molecule has 0 bridgehead atoms. The van der Waals surface area contributed by atoms with Crippen molar-refractivity contribution in [2.24, 2.45) is 0 Å². The fourth-order valence-corrected chi connectivity index (χ4v) is 2.20. The number of carbonyl (C=O) groups excluding carboxylic acids is 1. The second-order valence-electron chi connectivity index (χ2n) is 5.21. The van der Waals surface area contributed by atoms with Crippen molar-refractivity contribution in [3.05, 3.63) is 0 Å². The summed E-state index contributed by atoms with van der Waals surface area (Å²) in [7, 11) is 3.50. The first kappa shape index (κ1) is 26.1. The van der Waals surface area contributed by atoms with Crippen LogP contribution in [-0.4, -0.2) is 87.6 Å². The second-order valence-corrected chi connectivity index (χ2v) is 6.20. The largest absolute Gasteiger partial charge is 0.394 e. The number of hydrogen-bond acceptors (Lipinski definition) is 8. The molecule has 0 saturated heterocycles. The Kier molecular flexibility index (Phi) is 20.8. The van der Waals surface area contributed by atoms with Gasteiger partial charge in [-0.05, 0) is 27.4 Å². The minimum atomic E-state index is -1.92. The Labute approximate surface area is 147 Å². The molecule has 0 aliphatic heterocycles. The number of nitrogens with zero attached hydrogens (tertiary/aromatic N) is 1. The van der Waals surface area contributed by atoms with Crippen LogP contribution in [0.5, 0.6) is 0 Å². The van der Waals surface area contributed by atoms with E-state index in [2.05, 4.69) is 0 Å². The highest BCUT2D eigenvalue weighted by atomic mass is 31.2. The number of ether oxygens (including phenoxy) is 2. The summed E-state index contributed by atoms with van der Waals surface area (Å²) in [6, 6.07) is 0. The molecule has 0 heterocycles. The van der Waals surface area contributed by atoms with Crippen LogP contribution in [0, 0.1) is 0 Å². The lowest BCUT2D eigenvalue weighted by atomic mass is 10.2. The van der Waals surface area contributed by atoms with Gasteiger partial charge in [0.05, 0.1) is 32.5 Å². The lowest BCUT2D eigenvalue weighted by Gasteiger charge is -2.23. The van der Waals surface area contributed by atoms with E-state index in [1.165, 1.54) is 6.92 Å². The second kappa shape index (κ2) is 19.1. The van der Waals surface area contributed by atoms with Crippen molar-refractivity contribution in [1.82, 2.24) is 4.90 Å². The normalized spacial score (nSPS) is 14.7. The van der Waals surface area contributed by atoms with Crippen molar-refractivity contribution in [1.29, 1.82) is 0 Å². The van der Waals surface area contributed by atoms with Gasteiger partial charge in [-0.25, -0.2) is 0 Å². The molecule has 3 unspecified atom stereocenters. The molecule has 0 aliphatic rings. The van der Waals surface area contributed by atoms with Crippen molar-refractivity contribution in [3.63, 3.8) is 0 Å². The summed E-state index contributed by atoms with van der Waals surface area (Å²) in [6.07, 6.45) is 1.86. The van der Waals surface area contributed by atoms with Gasteiger partial charge in [-0.3, -0.25) is 0 Å². The highest BCUT2D eigenvalue weighted by molar-refractivity contribution is 7.40. The van der Waals surface area contributed by atoms with E-state index < -0.39 is 8.60 Å². The summed E-state index contributed by atoms with van der Waals surface area (Å²) in [5.41, 5.74) is 0. The Hall–Kier alpha value is -0.180. The molecule has 0 saturated carbocycles. The van der Waals surface area contributed by atoms with E-state index in [1.54, 1.807) is 7.11 Å². The van der Waals surface area contributed by atoms with Crippen molar-refractivity contribution < 1.29 is 33.3 Å². The molecular weight excluding hydrogens is 337 g/mol. The summed E-state index contributed by atoms with van der Waals surface area (Å²) in [4.78, 5) is 20.4. The predicted octanol–water partition coefficient (Wildman–Crippen LogP) is 1.20. The lowest BCUT2D eigenvalue weighted by Crippen LogP contribution is -2.31. The Bertz CT molecular complexity index is 272. The Morgan fingerprint density at radius 1 is 1.21 bits per heavy atom. The summed E-state index contributed by atoms with van der Waals surface area (Å²) < 4.78 is 21.2. The molecule has 3 atom stereocenters.